The number of halogens is 2. The lowest BCUT2D eigenvalue weighted by Gasteiger charge is -2.36. The highest BCUT2D eigenvalue weighted by molar-refractivity contribution is 6.03. The summed E-state index contributed by atoms with van der Waals surface area (Å²) in [4.78, 5) is 60.8. The molecule has 2 aliphatic rings. The summed E-state index contributed by atoms with van der Waals surface area (Å²) in [6.07, 6.45) is 1.95. The number of carboxylic acids is 4. The van der Waals surface area contributed by atoms with E-state index in [2.05, 4.69) is 0 Å². The highest BCUT2D eigenvalue weighted by Crippen LogP contribution is 2.50. The van der Waals surface area contributed by atoms with E-state index in [1.807, 2.05) is 0 Å². The van der Waals surface area contributed by atoms with E-state index in [0.29, 0.717) is 11.1 Å². The van der Waals surface area contributed by atoms with Gasteiger partial charge in [0, 0.05) is 29.5 Å². The van der Waals surface area contributed by atoms with E-state index in [0.717, 1.165) is 34.1 Å². The van der Waals surface area contributed by atoms with Crippen molar-refractivity contribution in [2.45, 2.75) is 12.8 Å². The molecule has 3 aromatic rings. The molecule has 2 unspecified atom stereocenters. The zero-order chi connectivity index (χ0) is 38.6. The van der Waals surface area contributed by atoms with Gasteiger partial charge in [-0.1, -0.05) is 12.1 Å². The van der Waals surface area contributed by atoms with Crippen molar-refractivity contribution in [1.29, 1.82) is 0 Å². The van der Waals surface area contributed by atoms with Gasteiger partial charge in [0.1, 0.15) is 62.4 Å². The van der Waals surface area contributed by atoms with Gasteiger partial charge in [-0.05, 0) is 54.5 Å². The average Bonchev–Trinajstić information content (AvgIpc) is 3.06. The molecule has 5 rings (SSSR count). The Morgan fingerprint density at radius 2 is 1.30 bits per heavy atom. The first-order valence-corrected chi connectivity index (χ1v) is 15.8. The molecule has 0 fully saturated rings. The molecule has 278 valence electrons. The van der Waals surface area contributed by atoms with Crippen molar-refractivity contribution in [1.82, 2.24) is 0 Å². The maximum Gasteiger partial charge on any atom is 0.323 e. The number of aromatic hydroxyl groups is 1. The number of phenolic OH excluding ortho intramolecular Hbond substituents is 1. The van der Waals surface area contributed by atoms with Crippen molar-refractivity contribution < 1.29 is 72.5 Å². The second kappa shape index (κ2) is 15.7. The first-order chi connectivity index (χ1) is 25.1. The molecule has 0 amide bonds. The molecule has 17 heteroatoms. The predicted molar refractivity (Wildman–Crippen MR) is 180 cm³/mol. The summed E-state index contributed by atoms with van der Waals surface area (Å²) in [6, 6.07) is 11.0. The number of nitrogens with zero attached hydrogens (tertiary/aromatic N) is 2. The van der Waals surface area contributed by atoms with Gasteiger partial charge in [0.05, 0.1) is 11.4 Å². The lowest BCUT2D eigenvalue weighted by atomic mass is 9.75. The SMILES string of the molecule is Cc1ccc(N(CC(=O)O)CC(=O)O)c(OCCOc2cc(C3c4cc(F)c(O)cc4OC4=CC(=O)C(F)=CC43)ccc2N(CC(=O)O)CC(=O)O)c1. The van der Waals surface area contributed by atoms with E-state index in [9.17, 15) is 58.3 Å². The fourth-order valence-corrected chi connectivity index (χ4v) is 6.08. The number of aryl methyl sites for hydroxylation is 1. The lowest BCUT2D eigenvalue weighted by molar-refractivity contribution is -0.138. The molecule has 0 radical (unpaired) electrons. The van der Waals surface area contributed by atoms with Gasteiger partial charge in [-0.15, -0.1) is 0 Å². The molecule has 1 aliphatic carbocycles. The minimum atomic E-state index is -1.36. The van der Waals surface area contributed by atoms with E-state index in [1.165, 1.54) is 24.3 Å². The summed E-state index contributed by atoms with van der Waals surface area (Å²) in [5.74, 6) is -11.0. The molecule has 0 saturated carbocycles. The van der Waals surface area contributed by atoms with Crippen LogP contribution in [0, 0.1) is 18.7 Å². The number of hydrogen-bond donors (Lipinski definition) is 5. The van der Waals surface area contributed by atoms with Crippen LogP contribution in [-0.2, 0) is 24.0 Å². The van der Waals surface area contributed by atoms with Crippen molar-refractivity contribution >= 4 is 41.0 Å². The number of benzene rings is 3. The van der Waals surface area contributed by atoms with Gasteiger partial charge in [0.25, 0.3) is 0 Å². The van der Waals surface area contributed by atoms with Crippen LogP contribution in [0.1, 0.15) is 22.6 Å². The molecule has 0 bridgehead atoms. The smallest absolute Gasteiger partial charge is 0.323 e. The van der Waals surface area contributed by atoms with E-state index >= 15 is 0 Å². The van der Waals surface area contributed by atoms with E-state index in [1.54, 1.807) is 19.1 Å². The Balaban J connectivity index is 1.52. The standard InChI is InChI=1S/C36H32F2N2O13/c1-18-2-4-24(39(14-32(43)44)15-33(45)46)30(8-18)51-6-7-52-31-9-19(3-5-25(31)40(16-34(47)48)17-35(49)50)36-20-10-22(37)26(41)12-28(20)53-29-13-27(42)23(38)11-21(29)36/h2-5,8-13,20,36,42H,6-7,14-17H2,1H3,(H,43,44)(H,45,46)(H,47,48)(H,49,50). The number of carbonyl (C=O) groups is 5. The number of ketones is 1. The quantitative estimate of drug-likeness (QED) is 0.132. The Bertz CT molecular complexity index is 2020. The number of aliphatic carboxylic acids is 4. The summed E-state index contributed by atoms with van der Waals surface area (Å²) < 4.78 is 47.2. The number of fused-ring (bicyclic) bond motifs is 2. The zero-order valence-electron chi connectivity index (χ0n) is 27.8. The number of carbonyl (C=O) groups excluding carboxylic acids is 1. The van der Waals surface area contributed by atoms with Crippen LogP contribution in [-0.4, -0.2) is 94.6 Å². The third-order valence-electron chi connectivity index (χ3n) is 8.21. The van der Waals surface area contributed by atoms with Crippen LogP contribution in [0.15, 0.2) is 72.3 Å². The normalized spacial score (nSPS) is 15.9. The molecular formula is C36H32F2N2O13. The molecular weight excluding hydrogens is 706 g/mol. The lowest BCUT2D eigenvalue weighted by Crippen LogP contribution is -2.35. The van der Waals surface area contributed by atoms with Crippen molar-refractivity contribution in [3.05, 3.63) is 94.8 Å². The summed E-state index contributed by atoms with van der Waals surface area (Å²) in [6.45, 7) is -1.59. The van der Waals surface area contributed by atoms with E-state index in [-0.39, 0.29) is 53.2 Å². The Hall–Kier alpha value is -6.65. The Kier molecular flexibility index (Phi) is 11.1. The third-order valence-corrected chi connectivity index (χ3v) is 8.21. The van der Waals surface area contributed by atoms with Gasteiger partial charge in [0.2, 0.25) is 5.78 Å². The van der Waals surface area contributed by atoms with Crippen LogP contribution < -0.4 is 24.0 Å². The van der Waals surface area contributed by atoms with Gasteiger partial charge in [-0.2, -0.15) is 0 Å². The molecule has 0 spiro atoms. The van der Waals surface area contributed by atoms with Crippen LogP contribution in [0.5, 0.6) is 23.0 Å². The maximum absolute atomic E-state index is 14.7. The minimum absolute atomic E-state index is 0.00651. The molecule has 15 nitrogen and oxygen atoms in total. The number of carboxylic acid groups (broad SMARTS) is 4. The van der Waals surface area contributed by atoms with Crippen LogP contribution in [0.25, 0.3) is 0 Å². The van der Waals surface area contributed by atoms with Crippen LogP contribution in [0.2, 0.25) is 0 Å². The number of phenols is 1. The summed E-state index contributed by atoms with van der Waals surface area (Å²) in [5.41, 5.74) is 1.37. The maximum atomic E-state index is 14.7. The van der Waals surface area contributed by atoms with Gasteiger partial charge in [-0.25, -0.2) is 8.78 Å². The van der Waals surface area contributed by atoms with Gasteiger partial charge < -0.3 is 49.5 Å². The fraction of sp³-hybridized carbons (Fsp3) is 0.250. The zero-order valence-corrected chi connectivity index (χ0v) is 27.8. The van der Waals surface area contributed by atoms with Gasteiger partial charge in [-0.3, -0.25) is 24.0 Å². The number of allylic oxidation sites excluding steroid dienone is 3. The second-order valence-electron chi connectivity index (χ2n) is 12.1. The highest BCUT2D eigenvalue weighted by atomic mass is 19.1. The average molecular weight is 739 g/mol. The van der Waals surface area contributed by atoms with E-state index in [4.69, 9.17) is 14.2 Å². The molecule has 0 aromatic heterocycles. The summed E-state index contributed by atoms with van der Waals surface area (Å²) in [5, 5.41) is 47.9. The van der Waals surface area contributed by atoms with Crippen molar-refractivity contribution in [2.24, 2.45) is 5.92 Å². The molecule has 3 aromatic carbocycles. The highest BCUT2D eigenvalue weighted by Gasteiger charge is 2.39. The minimum Gasteiger partial charge on any atom is -0.505 e. The predicted octanol–water partition coefficient (Wildman–Crippen LogP) is 3.71. The Morgan fingerprint density at radius 3 is 1.85 bits per heavy atom. The molecule has 1 aliphatic heterocycles. The monoisotopic (exact) mass is 738 g/mol. The molecule has 53 heavy (non-hydrogen) atoms. The molecule has 5 N–H and O–H groups in total. The Labute approximate surface area is 299 Å². The summed E-state index contributed by atoms with van der Waals surface area (Å²) in [7, 11) is 0. The van der Waals surface area contributed by atoms with Gasteiger partial charge >= 0.3 is 23.9 Å². The van der Waals surface area contributed by atoms with E-state index < -0.39 is 85.1 Å². The number of ether oxygens (including phenoxy) is 3. The van der Waals surface area contributed by atoms with Crippen LogP contribution in [0.3, 0.4) is 0 Å². The number of anilines is 2. The first kappa shape index (κ1) is 37.6. The largest absolute Gasteiger partial charge is 0.505 e. The van der Waals surface area contributed by atoms with Crippen molar-refractivity contribution in [2.75, 3.05) is 49.2 Å². The molecule has 0 saturated heterocycles. The first-order valence-electron chi connectivity index (χ1n) is 15.8. The second-order valence-corrected chi connectivity index (χ2v) is 12.1. The topological polar surface area (TPSA) is 221 Å². The third kappa shape index (κ3) is 8.81. The Morgan fingerprint density at radius 1 is 0.774 bits per heavy atom. The number of rotatable bonds is 16. The van der Waals surface area contributed by atoms with Crippen LogP contribution >= 0.6 is 0 Å². The molecule has 1 heterocycles. The fourth-order valence-electron chi connectivity index (χ4n) is 6.08. The summed E-state index contributed by atoms with van der Waals surface area (Å²) >= 11 is 0. The van der Waals surface area contributed by atoms with Gasteiger partial charge in [0.15, 0.2) is 17.4 Å². The van der Waals surface area contributed by atoms with Crippen molar-refractivity contribution in [3.63, 3.8) is 0 Å². The molecule has 2 atom stereocenters. The van der Waals surface area contributed by atoms with Crippen LogP contribution in [0.4, 0.5) is 20.2 Å². The number of hydrogen-bond acceptors (Lipinski definition) is 11. The van der Waals surface area contributed by atoms with Crippen molar-refractivity contribution in [3.8, 4) is 23.0 Å².